The Morgan fingerprint density at radius 3 is 2.62 bits per heavy atom. The fourth-order valence-electron chi connectivity index (χ4n) is 1.64. The van der Waals surface area contributed by atoms with Gasteiger partial charge in [-0.2, -0.15) is 0 Å². The first kappa shape index (κ1) is 13.0. The van der Waals surface area contributed by atoms with E-state index in [0.29, 0.717) is 6.42 Å². The smallest absolute Gasteiger partial charge is 0.119 e. The van der Waals surface area contributed by atoms with Crippen molar-refractivity contribution in [2.75, 3.05) is 7.11 Å². The molecule has 0 aliphatic rings. The third kappa shape index (κ3) is 3.51. The van der Waals surface area contributed by atoms with Crippen molar-refractivity contribution in [3.8, 4) is 5.75 Å². The SMILES string of the molecule is COc1ccc(CCC(O)C(C)N)c(C)c1. The van der Waals surface area contributed by atoms with E-state index in [-0.39, 0.29) is 6.04 Å². The quantitative estimate of drug-likeness (QED) is 0.798. The van der Waals surface area contributed by atoms with Gasteiger partial charge in [-0.3, -0.25) is 0 Å². The molecule has 0 saturated heterocycles. The van der Waals surface area contributed by atoms with Crippen LogP contribution in [-0.4, -0.2) is 24.4 Å². The van der Waals surface area contributed by atoms with Gasteiger partial charge < -0.3 is 15.6 Å². The number of ether oxygens (including phenoxy) is 1. The van der Waals surface area contributed by atoms with Gasteiger partial charge in [-0.15, -0.1) is 0 Å². The molecule has 3 N–H and O–H groups in total. The van der Waals surface area contributed by atoms with Crippen molar-refractivity contribution < 1.29 is 9.84 Å². The van der Waals surface area contributed by atoms with E-state index < -0.39 is 6.10 Å². The lowest BCUT2D eigenvalue weighted by molar-refractivity contribution is 0.141. The topological polar surface area (TPSA) is 55.5 Å². The molecule has 0 radical (unpaired) electrons. The Balaban J connectivity index is 2.61. The molecular formula is C13H21NO2. The Hall–Kier alpha value is -1.06. The number of aliphatic hydroxyl groups excluding tert-OH is 1. The fourth-order valence-corrected chi connectivity index (χ4v) is 1.64. The van der Waals surface area contributed by atoms with E-state index >= 15 is 0 Å². The summed E-state index contributed by atoms with van der Waals surface area (Å²) in [7, 11) is 1.66. The van der Waals surface area contributed by atoms with Crippen molar-refractivity contribution in [1.29, 1.82) is 0 Å². The summed E-state index contributed by atoms with van der Waals surface area (Å²) in [5.41, 5.74) is 8.04. The number of aryl methyl sites for hydroxylation is 2. The normalized spacial score (nSPS) is 14.6. The van der Waals surface area contributed by atoms with E-state index in [0.717, 1.165) is 12.2 Å². The summed E-state index contributed by atoms with van der Waals surface area (Å²) in [5.74, 6) is 0.869. The Morgan fingerprint density at radius 1 is 1.44 bits per heavy atom. The summed E-state index contributed by atoms with van der Waals surface area (Å²) in [5, 5.41) is 9.63. The summed E-state index contributed by atoms with van der Waals surface area (Å²) in [4.78, 5) is 0. The molecule has 0 aliphatic carbocycles. The Bertz CT molecular complexity index is 337. The second-order valence-corrected chi connectivity index (χ2v) is 4.26. The molecule has 0 aromatic heterocycles. The van der Waals surface area contributed by atoms with Crippen molar-refractivity contribution in [1.82, 2.24) is 0 Å². The van der Waals surface area contributed by atoms with Gasteiger partial charge >= 0.3 is 0 Å². The van der Waals surface area contributed by atoms with E-state index in [1.165, 1.54) is 11.1 Å². The maximum Gasteiger partial charge on any atom is 0.119 e. The number of aliphatic hydroxyl groups is 1. The van der Waals surface area contributed by atoms with Gasteiger partial charge in [-0.25, -0.2) is 0 Å². The molecule has 0 amide bonds. The Kier molecular flexibility index (Phi) is 4.77. The zero-order valence-corrected chi connectivity index (χ0v) is 10.2. The standard InChI is InChI=1S/C13H21NO2/c1-9-8-12(16-3)6-4-11(9)5-7-13(15)10(2)14/h4,6,8,10,13,15H,5,7,14H2,1-3H3. The third-order valence-electron chi connectivity index (χ3n) is 2.87. The van der Waals surface area contributed by atoms with Crippen LogP contribution < -0.4 is 10.5 Å². The largest absolute Gasteiger partial charge is 0.497 e. The summed E-state index contributed by atoms with van der Waals surface area (Å²) in [6.45, 7) is 3.88. The van der Waals surface area contributed by atoms with Gasteiger partial charge in [-0.1, -0.05) is 6.07 Å². The van der Waals surface area contributed by atoms with Crippen LogP contribution in [0.4, 0.5) is 0 Å². The molecule has 3 heteroatoms. The molecule has 0 spiro atoms. The van der Waals surface area contributed by atoms with Crippen LogP contribution >= 0.6 is 0 Å². The molecular weight excluding hydrogens is 202 g/mol. The van der Waals surface area contributed by atoms with Gasteiger partial charge in [0.2, 0.25) is 0 Å². The summed E-state index contributed by atoms with van der Waals surface area (Å²) in [6, 6.07) is 5.83. The number of methoxy groups -OCH3 is 1. The molecule has 0 fully saturated rings. The van der Waals surface area contributed by atoms with E-state index in [9.17, 15) is 5.11 Å². The van der Waals surface area contributed by atoms with Crippen molar-refractivity contribution >= 4 is 0 Å². The average molecular weight is 223 g/mol. The van der Waals surface area contributed by atoms with Crippen LogP contribution in [0.25, 0.3) is 0 Å². The minimum absolute atomic E-state index is 0.168. The molecule has 90 valence electrons. The maximum atomic E-state index is 9.63. The van der Waals surface area contributed by atoms with Crippen molar-refractivity contribution in [2.24, 2.45) is 5.73 Å². The van der Waals surface area contributed by atoms with E-state index in [1.807, 2.05) is 25.1 Å². The molecule has 3 nitrogen and oxygen atoms in total. The highest BCUT2D eigenvalue weighted by atomic mass is 16.5. The highest BCUT2D eigenvalue weighted by Gasteiger charge is 2.10. The first-order valence-corrected chi connectivity index (χ1v) is 5.61. The lowest BCUT2D eigenvalue weighted by atomic mass is 9.99. The van der Waals surface area contributed by atoms with Gasteiger partial charge in [-0.05, 0) is 49.9 Å². The zero-order chi connectivity index (χ0) is 12.1. The van der Waals surface area contributed by atoms with Crippen molar-refractivity contribution in [2.45, 2.75) is 38.8 Å². The molecule has 1 rings (SSSR count). The summed E-state index contributed by atoms with van der Waals surface area (Å²) >= 11 is 0. The first-order chi connectivity index (χ1) is 7.54. The van der Waals surface area contributed by atoms with Crippen LogP contribution in [0.2, 0.25) is 0 Å². The second kappa shape index (κ2) is 5.87. The van der Waals surface area contributed by atoms with Crippen LogP contribution in [0.15, 0.2) is 18.2 Å². The van der Waals surface area contributed by atoms with Crippen LogP contribution in [0.5, 0.6) is 5.75 Å². The second-order valence-electron chi connectivity index (χ2n) is 4.26. The number of hydrogen-bond acceptors (Lipinski definition) is 3. The molecule has 0 heterocycles. The minimum Gasteiger partial charge on any atom is -0.497 e. The van der Waals surface area contributed by atoms with Crippen molar-refractivity contribution in [3.63, 3.8) is 0 Å². The van der Waals surface area contributed by atoms with Crippen LogP contribution in [0.1, 0.15) is 24.5 Å². The lowest BCUT2D eigenvalue weighted by Crippen LogP contribution is -2.31. The van der Waals surface area contributed by atoms with E-state index in [2.05, 4.69) is 6.92 Å². The van der Waals surface area contributed by atoms with Gasteiger partial charge in [0, 0.05) is 6.04 Å². The average Bonchev–Trinajstić information content (AvgIpc) is 2.26. The highest BCUT2D eigenvalue weighted by Crippen LogP contribution is 2.18. The van der Waals surface area contributed by atoms with Gasteiger partial charge in [0.25, 0.3) is 0 Å². The number of nitrogens with two attached hydrogens (primary N) is 1. The lowest BCUT2D eigenvalue weighted by Gasteiger charge is -2.15. The zero-order valence-electron chi connectivity index (χ0n) is 10.2. The molecule has 1 aromatic carbocycles. The van der Waals surface area contributed by atoms with Crippen LogP contribution in [0, 0.1) is 6.92 Å². The monoisotopic (exact) mass is 223 g/mol. The van der Waals surface area contributed by atoms with Gasteiger partial charge in [0.15, 0.2) is 0 Å². The Labute approximate surface area is 97.2 Å². The Morgan fingerprint density at radius 2 is 2.12 bits per heavy atom. The fraction of sp³-hybridized carbons (Fsp3) is 0.538. The molecule has 0 bridgehead atoms. The van der Waals surface area contributed by atoms with E-state index in [1.54, 1.807) is 7.11 Å². The highest BCUT2D eigenvalue weighted by molar-refractivity contribution is 5.34. The molecule has 0 saturated carbocycles. The molecule has 0 aliphatic heterocycles. The molecule has 2 atom stereocenters. The third-order valence-corrected chi connectivity index (χ3v) is 2.87. The predicted molar refractivity (Wildman–Crippen MR) is 65.7 cm³/mol. The summed E-state index contributed by atoms with van der Waals surface area (Å²) in [6.07, 6.45) is 1.12. The number of rotatable bonds is 5. The molecule has 2 unspecified atom stereocenters. The number of hydrogen-bond donors (Lipinski definition) is 2. The van der Waals surface area contributed by atoms with Crippen molar-refractivity contribution in [3.05, 3.63) is 29.3 Å². The first-order valence-electron chi connectivity index (χ1n) is 5.61. The summed E-state index contributed by atoms with van der Waals surface area (Å²) < 4.78 is 5.14. The van der Waals surface area contributed by atoms with Gasteiger partial charge in [0.05, 0.1) is 13.2 Å². The van der Waals surface area contributed by atoms with Gasteiger partial charge in [0.1, 0.15) is 5.75 Å². The van der Waals surface area contributed by atoms with Crippen LogP contribution in [0.3, 0.4) is 0 Å². The number of benzene rings is 1. The predicted octanol–water partition coefficient (Wildman–Crippen LogP) is 1.64. The minimum atomic E-state index is -0.429. The maximum absolute atomic E-state index is 9.63. The van der Waals surface area contributed by atoms with E-state index in [4.69, 9.17) is 10.5 Å². The van der Waals surface area contributed by atoms with Crippen LogP contribution in [-0.2, 0) is 6.42 Å². The molecule has 16 heavy (non-hydrogen) atoms. The molecule has 1 aromatic rings.